The lowest BCUT2D eigenvalue weighted by Gasteiger charge is -2.31. The molecule has 3 rings (SSSR count). The largest absolute Gasteiger partial charge is 0.381 e. The van der Waals surface area contributed by atoms with Gasteiger partial charge in [0.05, 0.1) is 16.1 Å². The van der Waals surface area contributed by atoms with Crippen molar-refractivity contribution in [3.05, 3.63) is 32.1 Å². The number of piperidine rings is 1. The van der Waals surface area contributed by atoms with Gasteiger partial charge in [-0.05, 0) is 25.0 Å². The Balaban J connectivity index is 1.92. The van der Waals surface area contributed by atoms with E-state index in [1.165, 1.54) is 11.3 Å². The van der Waals surface area contributed by atoms with Crippen LogP contribution in [0.5, 0.6) is 0 Å². The molecule has 1 aliphatic rings. The molecule has 0 radical (unpaired) electrons. The summed E-state index contributed by atoms with van der Waals surface area (Å²) in [4.78, 5) is 15.1. The Hall–Kier alpha value is -0.520. The highest BCUT2D eigenvalue weighted by Gasteiger charge is 2.27. The van der Waals surface area contributed by atoms with Gasteiger partial charge in [-0.1, -0.05) is 34.8 Å². The second kappa shape index (κ2) is 6.54. The van der Waals surface area contributed by atoms with Gasteiger partial charge in [-0.3, -0.25) is 4.79 Å². The fraction of sp³-hybridized carbons (Fsp3) is 0.400. The lowest BCUT2D eigenvalue weighted by Crippen LogP contribution is -2.40. The van der Waals surface area contributed by atoms with Gasteiger partial charge in [0, 0.05) is 35.3 Å². The number of carbonyl (C=O) groups is 1. The Morgan fingerprint density at radius 1 is 1.27 bits per heavy atom. The molecule has 0 spiro atoms. The third-order valence-corrected chi connectivity index (χ3v) is 6.04. The molecule has 0 saturated carbocycles. The molecule has 0 unspecified atom stereocenters. The van der Waals surface area contributed by atoms with Crippen LogP contribution < -0.4 is 0 Å². The lowest BCUT2D eigenvalue weighted by atomic mass is 10.1. The first kappa shape index (κ1) is 16.3. The SMILES string of the molecule is COC1CCN(C(=O)c2sc3cc(Cl)cc(Cl)c3c2Cl)CC1. The van der Waals surface area contributed by atoms with E-state index in [1.807, 2.05) is 4.90 Å². The van der Waals surface area contributed by atoms with Crippen LogP contribution in [0.15, 0.2) is 12.1 Å². The van der Waals surface area contributed by atoms with Gasteiger partial charge in [0.1, 0.15) is 4.88 Å². The Morgan fingerprint density at radius 3 is 2.59 bits per heavy atom. The van der Waals surface area contributed by atoms with E-state index in [0.717, 1.165) is 17.5 Å². The van der Waals surface area contributed by atoms with Crippen LogP contribution in [0.4, 0.5) is 0 Å². The van der Waals surface area contributed by atoms with Crippen molar-refractivity contribution in [2.24, 2.45) is 0 Å². The molecule has 3 nitrogen and oxygen atoms in total. The smallest absolute Gasteiger partial charge is 0.265 e. The van der Waals surface area contributed by atoms with E-state index < -0.39 is 0 Å². The Morgan fingerprint density at radius 2 is 1.95 bits per heavy atom. The fourth-order valence-electron chi connectivity index (χ4n) is 2.69. The molecule has 2 aromatic rings. The van der Waals surface area contributed by atoms with Crippen molar-refractivity contribution in [3.63, 3.8) is 0 Å². The number of ether oxygens (including phenoxy) is 1. The highest BCUT2D eigenvalue weighted by atomic mass is 35.5. The molecule has 7 heteroatoms. The quantitative estimate of drug-likeness (QED) is 0.726. The second-order valence-corrected chi connectivity index (χ2v) is 7.51. The lowest BCUT2D eigenvalue weighted by molar-refractivity contribution is 0.0353. The maximum absolute atomic E-state index is 12.7. The molecule has 1 fully saturated rings. The van der Waals surface area contributed by atoms with Gasteiger partial charge in [-0.25, -0.2) is 0 Å². The summed E-state index contributed by atoms with van der Waals surface area (Å²) in [5, 5.41) is 2.13. The molecule has 0 N–H and O–H groups in total. The number of methoxy groups -OCH3 is 1. The van der Waals surface area contributed by atoms with Gasteiger partial charge in [0.25, 0.3) is 5.91 Å². The van der Waals surface area contributed by atoms with E-state index in [1.54, 1.807) is 19.2 Å². The van der Waals surface area contributed by atoms with Crippen molar-refractivity contribution in [2.75, 3.05) is 20.2 Å². The topological polar surface area (TPSA) is 29.5 Å². The minimum absolute atomic E-state index is 0.0482. The molecule has 1 aromatic carbocycles. The van der Waals surface area contributed by atoms with Crippen LogP contribution >= 0.6 is 46.1 Å². The number of hydrogen-bond acceptors (Lipinski definition) is 3. The number of rotatable bonds is 2. The monoisotopic (exact) mass is 377 g/mol. The van der Waals surface area contributed by atoms with Crippen LogP contribution in [0.2, 0.25) is 15.1 Å². The van der Waals surface area contributed by atoms with Crippen LogP contribution in [0, 0.1) is 0 Å². The summed E-state index contributed by atoms with van der Waals surface area (Å²) in [5.41, 5.74) is 0. The van der Waals surface area contributed by atoms with E-state index in [-0.39, 0.29) is 12.0 Å². The Kier molecular flexibility index (Phi) is 4.86. The van der Waals surface area contributed by atoms with Gasteiger partial charge in [0.2, 0.25) is 0 Å². The summed E-state index contributed by atoms with van der Waals surface area (Å²) in [6, 6.07) is 3.43. The normalized spacial score (nSPS) is 16.5. The van der Waals surface area contributed by atoms with E-state index >= 15 is 0 Å². The molecule has 2 heterocycles. The predicted octanol–water partition coefficient (Wildman–Crippen LogP) is 5.11. The number of amides is 1. The Bertz CT molecular complexity index is 723. The van der Waals surface area contributed by atoms with E-state index in [4.69, 9.17) is 39.5 Å². The standard InChI is InChI=1S/C15H14Cl3NO2S/c1-21-9-2-4-19(5-3-9)15(20)14-13(18)12-10(17)6-8(16)7-11(12)22-14/h6-7,9H,2-5H2,1H3. The van der Waals surface area contributed by atoms with Crippen LogP contribution in [0.25, 0.3) is 10.1 Å². The van der Waals surface area contributed by atoms with Gasteiger partial charge in [-0.2, -0.15) is 0 Å². The molecular weight excluding hydrogens is 365 g/mol. The van der Waals surface area contributed by atoms with Crippen molar-refractivity contribution in [1.29, 1.82) is 0 Å². The van der Waals surface area contributed by atoms with Gasteiger partial charge >= 0.3 is 0 Å². The summed E-state index contributed by atoms with van der Waals surface area (Å²) in [5.74, 6) is -0.0482. The number of hydrogen-bond donors (Lipinski definition) is 0. The maximum Gasteiger partial charge on any atom is 0.265 e. The zero-order valence-electron chi connectivity index (χ0n) is 11.9. The van der Waals surface area contributed by atoms with Crippen molar-refractivity contribution in [1.82, 2.24) is 4.90 Å². The summed E-state index contributed by atoms with van der Waals surface area (Å²) in [6.45, 7) is 1.35. The third-order valence-electron chi connectivity index (χ3n) is 3.91. The number of nitrogens with zero attached hydrogens (tertiary/aromatic N) is 1. The van der Waals surface area contributed by atoms with Crippen molar-refractivity contribution in [2.45, 2.75) is 18.9 Å². The van der Waals surface area contributed by atoms with Gasteiger partial charge in [0.15, 0.2) is 0 Å². The van der Waals surface area contributed by atoms with Crippen LogP contribution in [-0.4, -0.2) is 37.1 Å². The number of likely N-dealkylation sites (tertiary alicyclic amines) is 1. The average Bonchev–Trinajstić information content (AvgIpc) is 2.83. The average molecular weight is 379 g/mol. The molecule has 1 amide bonds. The summed E-state index contributed by atoms with van der Waals surface area (Å²) in [6.07, 6.45) is 1.92. The van der Waals surface area contributed by atoms with Crippen LogP contribution in [0.1, 0.15) is 22.5 Å². The number of benzene rings is 1. The number of halogens is 3. The number of carbonyl (C=O) groups excluding carboxylic acids is 1. The molecule has 1 aromatic heterocycles. The van der Waals surface area contributed by atoms with Crippen molar-refractivity contribution >= 4 is 62.1 Å². The molecule has 22 heavy (non-hydrogen) atoms. The van der Waals surface area contributed by atoms with Gasteiger partial charge < -0.3 is 9.64 Å². The van der Waals surface area contributed by atoms with Crippen LogP contribution in [0.3, 0.4) is 0 Å². The first-order valence-electron chi connectivity index (χ1n) is 6.90. The molecule has 0 aliphatic carbocycles. The van der Waals surface area contributed by atoms with E-state index in [2.05, 4.69) is 0 Å². The van der Waals surface area contributed by atoms with Crippen molar-refractivity contribution < 1.29 is 9.53 Å². The molecule has 1 saturated heterocycles. The number of fused-ring (bicyclic) bond motifs is 1. The minimum atomic E-state index is -0.0482. The Labute approximate surface area is 147 Å². The highest BCUT2D eigenvalue weighted by Crippen LogP contribution is 2.41. The highest BCUT2D eigenvalue weighted by molar-refractivity contribution is 7.21. The minimum Gasteiger partial charge on any atom is -0.381 e. The maximum atomic E-state index is 12.7. The van der Waals surface area contributed by atoms with Crippen molar-refractivity contribution in [3.8, 4) is 0 Å². The fourth-order valence-corrected chi connectivity index (χ4v) is 5.03. The first-order chi connectivity index (χ1) is 10.5. The molecule has 0 atom stereocenters. The van der Waals surface area contributed by atoms with E-state index in [0.29, 0.717) is 38.4 Å². The zero-order valence-corrected chi connectivity index (χ0v) is 15.0. The summed E-state index contributed by atoms with van der Waals surface area (Å²) in [7, 11) is 1.71. The predicted molar refractivity (Wildman–Crippen MR) is 92.8 cm³/mol. The summed E-state index contributed by atoms with van der Waals surface area (Å²) < 4.78 is 6.16. The summed E-state index contributed by atoms with van der Waals surface area (Å²) >= 11 is 20.0. The zero-order chi connectivity index (χ0) is 15.9. The first-order valence-corrected chi connectivity index (χ1v) is 8.85. The number of thiophene rings is 1. The second-order valence-electron chi connectivity index (χ2n) is 5.23. The van der Waals surface area contributed by atoms with E-state index in [9.17, 15) is 4.79 Å². The molecule has 0 bridgehead atoms. The molecule has 118 valence electrons. The van der Waals surface area contributed by atoms with Gasteiger partial charge in [-0.15, -0.1) is 11.3 Å². The molecule has 1 aliphatic heterocycles. The van der Waals surface area contributed by atoms with Crippen LogP contribution in [-0.2, 0) is 4.74 Å². The molecular formula is C15H14Cl3NO2S. The third kappa shape index (κ3) is 2.95.